The first-order chi connectivity index (χ1) is 17.5. The van der Waals surface area contributed by atoms with E-state index in [2.05, 4.69) is 44.0 Å². The Morgan fingerprint density at radius 3 is 2.16 bits per heavy atom. The Labute approximate surface area is 220 Å². The number of halogens is 1. The van der Waals surface area contributed by atoms with E-state index in [1.54, 1.807) is 11.5 Å². The van der Waals surface area contributed by atoms with E-state index in [1.807, 2.05) is 0 Å². The second kappa shape index (κ2) is 10.5. The van der Waals surface area contributed by atoms with E-state index >= 15 is 0 Å². The van der Waals surface area contributed by atoms with E-state index in [0.717, 1.165) is 12.8 Å². The molecule has 0 amide bonds. The predicted octanol–water partition coefficient (Wildman–Crippen LogP) is 3.11. The summed E-state index contributed by atoms with van der Waals surface area (Å²) < 4.78 is 45.5. The first kappa shape index (κ1) is 27.1. The zero-order valence-electron chi connectivity index (χ0n) is 21.5. The molecule has 12 nitrogen and oxygen atoms in total. The maximum Gasteiger partial charge on any atom is 0.245 e. The molecule has 4 rings (SSSR count). The third kappa shape index (κ3) is 5.39. The van der Waals surface area contributed by atoms with Crippen LogP contribution in [-0.4, -0.2) is 69.7 Å². The second-order valence-electron chi connectivity index (χ2n) is 9.75. The lowest BCUT2D eigenvalue weighted by Crippen LogP contribution is -2.32. The molecule has 1 saturated carbocycles. The number of aromatic nitrogens is 7. The quantitative estimate of drug-likeness (QED) is 0.366. The predicted molar refractivity (Wildman–Crippen MR) is 135 cm³/mol. The Kier molecular flexibility index (Phi) is 7.67. The van der Waals surface area contributed by atoms with Gasteiger partial charge in [-0.15, -0.1) is 10.2 Å². The van der Waals surface area contributed by atoms with Gasteiger partial charge in [-0.1, -0.05) is 25.4 Å². The molecular weight excluding hydrogens is 522 g/mol. The molecule has 0 radical (unpaired) electrons. The standard InChI is InChI=1S/C23H30ClN7O5S/c1-13(18(34-4)19-25-9-15(24)10-26-19)37(32,33)11-16-29-30-20(14-7-23(2,3)8-14)31(16)17-21(35-5)27-12-28-22(17)36-6/h9-10,12-14,18H,7-8,11H2,1-6H3/t13-,18-/m0/s1. The van der Waals surface area contributed by atoms with Crippen LogP contribution in [0.3, 0.4) is 0 Å². The fraction of sp³-hybridized carbons (Fsp3) is 0.565. The summed E-state index contributed by atoms with van der Waals surface area (Å²) in [7, 11) is 0.483. The minimum Gasteiger partial charge on any atom is -0.479 e. The molecule has 0 N–H and O–H groups in total. The van der Waals surface area contributed by atoms with Gasteiger partial charge in [-0.25, -0.2) is 18.4 Å². The average molecular weight is 552 g/mol. The second-order valence-corrected chi connectivity index (χ2v) is 12.5. The van der Waals surface area contributed by atoms with Gasteiger partial charge in [-0.2, -0.15) is 9.97 Å². The van der Waals surface area contributed by atoms with Gasteiger partial charge in [0.15, 0.2) is 27.2 Å². The monoisotopic (exact) mass is 551 g/mol. The SMILES string of the molecule is COc1ncnc(OC)c1-n1c(CS(=O)(=O)[C@@H](C)[C@H](OC)c2ncc(Cl)cn2)nnc1C1CC(C)(C)C1. The van der Waals surface area contributed by atoms with Gasteiger partial charge in [0.2, 0.25) is 11.8 Å². The molecule has 2 atom stereocenters. The Morgan fingerprint density at radius 1 is 1.05 bits per heavy atom. The highest BCUT2D eigenvalue weighted by atomic mass is 35.5. The van der Waals surface area contributed by atoms with Gasteiger partial charge in [0.25, 0.3) is 0 Å². The van der Waals surface area contributed by atoms with E-state index in [4.69, 9.17) is 25.8 Å². The lowest BCUT2D eigenvalue weighted by molar-refractivity contribution is 0.0948. The molecule has 0 bridgehead atoms. The molecule has 1 aliphatic rings. The van der Waals surface area contributed by atoms with Crippen LogP contribution in [-0.2, 0) is 20.3 Å². The van der Waals surface area contributed by atoms with Crippen molar-refractivity contribution in [2.45, 2.75) is 56.6 Å². The zero-order valence-corrected chi connectivity index (χ0v) is 23.1. The van der Waals surface area contributed by atoms with Crippen LogP contribution < -0.4 is 9.47 Å². The molecule has 14 heteroatoms. The van der Waals surface area contributed by atoms with Gasteiger partial charge in [0, 0.05) is 25.4 Å². The number of ether oxygens (including phenoxy) is 3. The van der Waals surface area contributed by atoms with Gasteiger partial charge in [-0.05, 0) is 25.2 Å². The lowest BCUT2D eigenvalue weighted by Gasteiger charge is -2.42. The van der Waals surface area contributed by atoms with Gasteiger partial charge < -0.3 is 14.2 Å². The van der Waals surface area contributed by atoms with Gasteiger partial charge in [-0.3, -0.25) is 4.57 Å². The number of sulfone groups is 1. The summed E-state index contributed by atoms with van der Waals surface area (Å²) in [6.07, 6.45) is 4.91. The normalized spacial score (nSPS) is 17.2. The molecule has 0 aliphatic heterocycles. The van der Waals surface area contributed by atoms with Crippen molar-refractivity contribution in [3.05, 3.63) is 41.2 Å². The van der Waals surface area contributed by atoms with Crippen LogP contribution in [0.2, 0.25) is 5.02 Å². The summed E-state index contributed by atoms with van der Waals surface area (Å²) in [6.45, 7) is 5.89. The Hall–Kier alpha value is -2.90. The minimum absolute atomic E-state index is 0.0696. The molecule has 3 heterocycles. The molecular formula is C23H30ClN7O5S. The molecule has 0 unspecified atom stereocenters. The third-order valence-corrected chi connectivity index (χ3v) is 8.79. The zero-order chi connectivity index (χ0) is 27.0. The average Bonchev–Trinajstić information content (AvgIpc) is 3.25. The summed E-state index contributed by atoms with van der Waals surface area (Å²) in [6, 6.07) is 0. The summed E-state index contributed by atoms with van der Waals surface area (Å²) >= 11 is 5.89. The van der Waals surface area contributed by atoms with Crippen LogP contribution >= 0.6 is 11.6 Å². The van der Waals surface area contributed by atoms with Crippen molar-refractivity contribution >= 4 is 21.4 Å². The molecule has 200 valence electrons. The Bertz CT molecular complexity index is 1330. The van der Waals surface area contributed by atoms with E-state index < -0.39 is 26.9 Å². The molecule has 0 spiro atoms. The molecule has 0 aromatic carbocycles. The van der Waals surface area contributed by atoms with Crippen LogP contribution in [0.15, 0.2) is 18.7 Å². The number of methoxy groups -OCH3 is 3. The van der Waals surface area contributed by atoms with Crippen LogP contribution in [0, 0.1) is 5.41 Å². The number of nitrogens with zero attached hydrogens (tertiary/aromatic N) is 7. The van der Waals surface area contributed by atoms with E-state index in [-0.39, 0.29) is 34.7 Å². The third-order valence-electron chi connectivity index (χ3n) is 6.56. The number of hydrogen-bond donors (Lipinski definition) is 0. The maximum absolute atomic E-state index is 13.7. The van der Waals surface area contributed by atoms with Crippen LogP contribution in [0.25, 0.3) is 5.69 Å². The number of hydrogen-bond acceptors (Lipinski definition) is 11. The summed E-state index contributed by atoms with van der Waals surface area (Å²) in [4.78, 5) is 16.7. The summed E-state index contributed by atoms with van der Waals surface area (Å²) in [5.41, 5.74) is 0.493. The van der Waals surface area contributed by atoms with Crippen molar-refractivity contribution in [1.29, 1.82) is 0 Å². The van der Waals surface area contributed by atoms with E-state index in [9.17, 15) is 8.42 Å². The Balaban J connectivity index is 1.77. The molecule has 1 fully saturated rings. The highest BCUT2D eigenvalue weighted by Gasteiger charge is 2.42. The summed E-state index contributed by atoms with van der Waals surface area (Å²) in [5.74, 6) is 1.05. The highest BCUT2D eigenvalue weighted by molar-refractivity contribution is 7.91. The van der Waals surface area contributed by atoms with Crippen molar-refractivity contribution < 1.29 is 22.6 Å². The molecule has 1 aliphatic carbocycles. The summed E-state index contributed by atoms with van der Waals surface area (Å²) in [5, 5.41) is 8.05. The fourth-order valence-corrected chi connectivity index (χ4v) is 6.22. The molecule has 0 saturated heterocycles. The number of rotatable bonds is 10. The Morgan fingerprint density at radius 2 is 1.65 bits per heavy atom. The first-order valence-electron chi connectivity index (χ1n) is 11.6. The molecule has 37 heavy (non-hydrogen) atoms. The fourth-order valence-electron chi connectivity index (χ4n) is 4.70. The van der Waals surface area contributed by atoms with Gasteiger partial charge in [0.1, 0.15) is 24.0 Å². The minimum atomic E-state index is -3.86. The van der Waals surface area contributed by atoms with Crippen molar-refractivity contribution in [2.75, 3.05) is 21.3 Å². The van der Waals surface area contributed by atoms with E-state index in [1.165, 1.54) is 40.1 Å². The first-order valence-corrected chi connectivity index (χ1v) is 13.7. The van der Waals surface area contributed by atoms with Crippen LogP contribution in [0.1, 0.15) is 63.1 Å². The van der Waals surface area contributed by atoms with Gasteiger partial charge >= 0.3 is 0 Å². The van der Waals surface area contributed by atoms with Crippen molar-refractivity contribution in [2.24, 2.45) is 5.41 Å². The van der Waals surface area contributed by atoms with Crippen LogP contribution in [0.5, 0.6) is 11.8 Å². The molecule has 3 aromatic heterocycles. The highest BCUT2D eigenvalue weighted by Crippen LogP contribution is 2.51. The van der Waals surface area contributed by atoms with Crippen molar-refractivity contribution in [3.8, 4) is 17.4 Å². The van der Waals surface area contributed by atoms with E-state index in [0.29, 0.717) is 16.5 Å². The smallest absolute Gasteiger partial charge is 0.245 e. The van der Waals surface area contributed by atoms with Crippen molar-refractivity contribution in [3.63, 3.8) is 0 Å². The lowest BCUT2D eigenvalue weighted by atomic mass is 9.64. The maximum atomic E-state index is 13.7. The molecule has 3 aromatic rings. The van der Waals surface area contributed by atoms with Crippen molar-refractivity contribution in [1.82, 2.24) is 34.7 Å². The topological polar surface area (TPSA) is 144 Å². The largest absolute Gasteiger partial charge is 0.479 e. The van der Waals surface area contributed by atoms with Crippen LogP contribution in [0.4, 0.5) is 0 Å². The van der Waals surface area contributed by atoms with Gasteiger partial charge in [0.05, 0.1) is 24.5 Å².